The lowest BCUT2D eigenvalue weighted by molar-refractivity contribution is 0.0693. The zero-order valence-electron chi connectivity index (χ0n) is 6.89. The Balaban J connectivity index is 3.42. The number of nitrogens with two attached hydrogens (primary N) is 1. The third-order valence-corrected chi connectivity index (χ3v) is 1.63. The number of carboxylic acid groups (broad SMARTS) is 2. The van der Waals surface area contributed by atoms with Gasteiger partial charge < -0.3 is 21.1 Å². The molecule has 0 aliphatic heterocycles. The van der Waals surface area contributed by atoms with Crippen LogP contribution in [0.15, 0.2) is 12.1 Å². The molecule has 0 amide bonds. The molecule has 1 aromatic rings. The van der Waals surface area contributed by atoms with Gasteiger partial charge in [0.05, 0.1) is 5.56 Å². The monoisotopic (exact) mass is 197 g/mol. The SMILES string of the molecule is Nc1cc(O)c(C(=O)O)cc1C(=O)O. The summed E-state index contributed by atoms with van der Waals surface area (Å²) >= 11 is 0. The summed E-state index contributed by atoms with van der Waals surface area (Å²) in [6.07, 6.45) is 0. The Hall–Kier alpha value is -2.24. The van der Waals surface area contributed by atoms with E-state index < -0.39 is 23.3 Å². The fraction of sp³-hybridized carbons (Fsp3) is 0. The molecule has 0 unspecified atom stereocenters. The maximum atomic E-state index is 10.6. The van der Waals surface area contributed by atoms with Crippen LogP contribution in [0.1, 0.15) is 20.7 Å². The molecule has 0 radical (unpaired) electrons. The van der Waals surface area contributed by atoms with Crippen LogP contribution in [0.25, 0.3) is 0 Å². The summed E-state index contributed by atoms with van der Waals surface area (Å²) in [7, 11) is 0. The first-order valence-electron chi connectivity index (χ1n) is 3.52. The van der Waals surface area contributed by atoms with E-state index in [1.54, 1.807) is 0 Å². The number of rotatable bonds is 2. The number of hydrogen-bond donors (Lipinski definition) is 4. The molecular formula is C8H7NO5. The smallest absolute Gasteiger partial charge is 0.339 e. The zero-order valence-corrected chi connectivity index (χ0v) is 6.89. The molecule has 0 aliphatic rings. The first kappa shape index (κ1) is 9.85. The molecule has 0 aromatic heterocycles. The number of benzene rings is 1. The first-order valence-corrected chi connectivity index (χ1v) is 3.52. The molecule has 0 fully saturated rings. The van der Waals surface area contributed by atoms with Gasteiger partial charge in [0.15, 0.2) is 0 Å². The van der Waals surface area contributed by atoms with E-state index in [9.17, 15) is 9.59 Å². The Morgan fingerprint density at radius 1 is 1.07 bits per heavy atom. The second-order valence-corrected chi connectivity index (χ2v) is 2.57. The van der Waals surface area contributed by atoms with E-state index >= 15 is 0 Å². The van der Waals surface area contributed by atoms with Crippen molar-refractivity contribution < 1.29 is 24.9 Å². The second-order valence-electron chi connectivity index (χ2n) is 2.57. The summed E-state index contributed by atoms with van der Waals surface area (Å²) in [4.78, 5) is 21.1. The standard InChI is InChI=1S/C8H7NO5/c9-5-2-6(10)4(8(13)14)1-3(5)7(11)12/h1-2,10H,9H2,(H,11,12)(H,13,14). The quantitative estimate of drug-likeness (QED) is 0.508. The molecule has 0 spiro atoms. The minimum atomic E-state index is -1.41. The number of aromatic carboxylic acids is 2. The summed E-state index contributed by atoms with van der Waals surface area (Å²) in [6, 6.07) is 1.71. The Labute approximate surface area is 78.2 Å². The van der Waals surface area contributed by atoms with Crippen molar-refractivity contribution in [3.63, 3.8) is 0 Å². The van der Waals surface area contributed by atoms with Crippen LogP contribution < -0.4 is 5.73 Å². The molecule has 74 valence electrons. The summed E-state index contributed by atoms with van der Waals surface area (Å²) in [6.45, 7) is 0. The number of carboxylic acids is 2. The number of hydrogen-bond acceptors (Lipinski definition) is 4. The third-order valence-electron chi connectivity index (χ3n) is 1.63. The van der Waals surface area contributed by atoms with Gasteiger partial charge in [-0.15, -0.1) is 0 Å². The minimum absolute atomic E-state index is 0.181. The van der Waals surface area contributed by atoms with Crippen molar-refractivity contribution in [3.05, 3.63) is 23.3 Å². The lowest BCUT2D eigenvalue weighted by Crippen LogP contribution is -2.06. The Bertz CT molecular complexity index is 377. The number of aromatic hydroxyl groups is 1. The summed E-state index contributed by atoms with van der Waals surface area (Å²) in [5.41, 5.74) is 4.24. The summed E-state index contributed by atoms with van der Waals surface area (Å²) < 4.78 is 0. The van der Waals surface area contributed by atoms with Crippen molar-refractivity contribution in [2.75, 3.05) is 5.73 Å². The molecule has 14 heavy (non-hydrogen) atoms. The average molecular weight is 197 g/mol. The van der Waals surface area contributed by atoms with E-state index in [4.69, 9.17) is 21.1 Å². The van der Waals surface area contributed by atoms with Crippen LogP contribution in [-0.4, -0.2) is 27.3 Å². The van der Waals surface area contributed by atoms with Crippen molar-refractivity contribution >= 4 is 17.6 Å². The molecule has 0 atom stereocenters. The highest BCUT2D eigenvalue weighted by atomic mass is 16.4. The number of nitrogen functional groups attached to an aromatic ring is 1. The number of phenols is 1. The van der Waals surface area contributed by atoms with Crippen LogP contribution in [0.4, 0.5) is 5.69 Å². The molecule has 1 aromatic carbocycles. The molecule has 0 bridgehead atoms. The minimum Gasteiger partial charge on any atom is -0.507 e. The van der Waals surface area contributed by atoms with Gasteiger partial charge in [-0.2, -0.15) is 0 Å². The van der Waals surface area contributed by atoms with Crippen LogP contribution in [-0.2, 0) is 0 Å². The highest BCUT2D eigenvalue weighted by molar-refractivity contribution is 5.99. The predicted molar refractivity (Wildman–Crippen MR) is 46.4 cm³/mol. The first-order chi connectivity index (χ1) is 6.43. The van der Waals surface area contributed by atoms with E-state index in [0.717, 1.165) is 12.1 Å². The maximum absolute atomic E-state index is 10.6. The lowest BCUT2D eigenvalue weighted by atomic mass is 10.1. The van der Waals surface area contributed by atoms with Gasteiger partial charge in [-0.05, 0) is 6.07 Å². The normalized spacial score (nSPS) is 9.71. The fourth-order valence-electron chi connectivity index (χ4n) is 0.961. The van der Waals surface area contributed by atoms with Gasteiger partial charge in [0.1, 0.15) is 11.3 Å². The Morgan fingerprint density at radius 2 is 1.57 bits per heavy atom. The van der Waals surface area contributed by atoms with E-state index in [1.807, 2.05) is 0 Å². The van der Waals surface area contributed by atoms with E-state index in [1.165, 1.54) is 0 Å². The third kappa shape index (κ3) is 1.58. The van der Waals surface area contributed by atoms with Crippen LogP contribution in [0.3, 0.4) is 0 Å². The molecule has 0 saturated carbocycles. The van der Waals surface area contributed by atoms with Gasteiger partial charge in [-0.3, -0.25) is 0 Å². The van der Waals surface area contributed by atoms with Gasteiger partial charge in [0.25, 0.3) is 0 Å². The molecule has 1 rings (SSSR count). The highest BCUT2D eigenvalue weighted by Gasteiger charge is 2.16. The van der Waals surface area contributed by atoms with E-state index in [0.29, 0.717) is 0 Å². The van der Waals surface area contributed by atoms with Crippen LogP contribution in [0.5, 0.6) is 5.75 Å². The fourth-order valence-corrected chi connectivity index (χ4v) is 0.961. The van der Waals surface area contributed by atoms with Crippen molar-refractivity contribution in [3.8, 4) is 5.75 Å². The topological polar surface area (TPSA) is 121 Å². The van der Waals surface area contributed by atoms with Crippen molar-refractivity contribution in [1.29, 1.82) is 0 Å². The predicted octanol–water partition coefficient (Wildman–Crippen LogP) is 0.371. The molecule has 0 aliphatic carbocycles. The largest absolute Gasteiger partial charge is 0.507 e. The van der Waals surface area contributed by atoms with Crippen molar-refractivity contribution in [2.45, 2.75) is 0 Å². The second kappa shape index (κ2) is 3.25. The number of carbonyl (C=O) groups is 2. The van der Waals surface area contributed by atoms with Crippen LogP contribution in [0.2, 0.25) is 0 Å². The summed E-state index contributed by atoms with van der Waals surface area (Å²) in [5, 5.41) is 26.3. The van der Waals surface area contributed by atoms with Crippen LogP contribution >= 0.6 is 0 Å². The number of anilines is 1. The average Bonchev–Trinajstić information content (AvgIpc) is 2.02. The van der Waals surface area contributed by atoms with E-state index in [-0.39, 0.29) is 11.3 Å². The van der Waals surface area contributed by atoms with Gasteiger partial charge >= 0.3 is 11.9 Å². The van der Waals surface area contributed by atoms with Crippen LogP contribution in [0, 0.1) is 0 Å². The molecule has 5 N–H and O–H groups in total. The molecule has 0 heterocycles. The molecular weight excluding hydrogens is 190 g/mol. The summed E-state index contributed by atoms with van der Waals surface area (Å²) in [5.74, 6) is -3.31. The van der Waals surface area contributed by atoms with Gasteiger partial charge in [-0.25, -0.2) is 9.59 Å². The van der Waals surface area contributed by atoms with E-state index in [2.05, 4.69) is 0 Å². The molecule has 6 heteroatoms. The highest BCUT2D eigenvalue weighted by Crippen LogP contribution is 2.24. The van der Waals surface area contributed by atoms with Gasteiger partial charge in [0.2, 0.25) is 0 Å². The van der Waals surface area contributed by atoms with Gasteiger partial charge in [0, 0.05) is 11.8 Å². The Morgan fingerprint density at radius 3 is 2.00 bits per heavy atom. The zero-order chi connectivity index (χ0) is 10.9. The maximum Gasteiger partial charge on any atom is 0.339 e. The molecule has 6 nitrogen and oxygen atoms in total. The van der Waals surface area contributed by atoms with Gasteiger partial charge in [-0.1, -0.05) is 0 Å². The van der Waals surface area contributed by atoms with Crippen molar-refractivity contribution in [1.82, 2.24) is 0 Å². The molecule has 0 saturated heterocycles. The Kier molecular flexibility index (Phi) is 2.29. The lowest BCUT2D eigenvalue weighted by Gasteiger charge is -2.04. The van der Waals surface area contributed by atoms with Crippen molar-refractivity contribution in [2.24, 2.45) is 0 Å².